The van der Waals surface area contributed by atoms with Crippen LogP contribution in [0.2, 0.25) is 0 Å². The zero-order valence-corrected chi connectivity index (χ0v) is 49.5. The van der Waals surface area contributed by atoms with Crippen molar-refractivity contribution in [2.75, 3.05) is 13.2 Å². The molecule has 1 unspecified atom stereocenters. The molecule has 0 aliphatic heterocycles. The zero-order chi connectivity index (χ0) is 55.0. The molecule has 0 spiro atoms. The Hall–Kier alpha value is -4.19. The van der Waals surface area contributed by atoms with Crippen LogP contribution in [0.25, 0.3) is 0 Å². The third kappa shape index (κ3) is 60.7. The molecule has 0 aromatic heterocycles. The standard InChI is InChI=1S/C70H116O6/c1-4-7-10-13-16-19-22-25-28-30-31-32-33-34-35-36-37-38-39-41-42-45-48-51-54-57-60-63-69(72)75-66-67(65-74-68(71)62-59-56-53-50-47-44-27-24-21-18-15-12-9-6-3)76-70(73)64-61-58-55-52-49-46-43-40-29-26-23-20-17-14-11-8-5-2/h7,10,16-17,19-20,24-29,31-32,34-35,37-38,41-42,67H,4-6,8-9,11-15,18,21-23,30,33,36,39-40,43-66H2,1-3H3/b10-7-,19-16-,20-17-,27-24-,28-25-,29-26-,32-31-,35-34-,38-37-,42-41-. The fraction of sp³-hybridized carbons (Fsp3) is 0.671. The highest BCUT2D eigenvalue weighted by atomic mass is 16.6. The Kier molecular flexibility index (Phi) is 59.9. The van der Waals surface area contributed by atoms with Crippen molar-refractivity contribution in [2.24, 2.45) is 0 Å². The summed E-state index contributed by atoms with van der Waals surface area (Å²) in [6, 6.07) is 0. The van der Waals surface area contributed by atoms with Crippen LogP contribution >= 0.6 is 0 Å². The molecule has 0 aromatic carbocycles. The molecule has 0 heterocycles. The fourth-order valence-corrected chi connectivity index (χ4v) is 8.45. The minimum absolute atomic E-state index is 0.0937. The summed E-state index contributed by atoms with van der Waals surface area (Å²) in [7, 11) is 0. The van der Waals surface area contributed by atoms with E-state index >= 15 is 0 Å². The molecular formula is C70H116O6. The maximum Gasteiger partial charge on any atom is 0.306 e. The van der Waals surface area contributed by atoms with E-state index in [9.17, 15) is 14.4 Å². The van der Waals surface area contributed by atoms with Gasteiger partial charge in [-0.15, -0.1) is 0 Å². The first-order chi connectivity index (χ1) is 37.5. The Bertz CT molecular complexity index is 1590. The number of hydrogen-bond donors (Lipinski definition) is 0. The van der Waals surface area contributed by atoms with Crippen molar-refractivity contribution >= 4 is 17.9 Å². The molecule has 0 fully saturated rings. The summed E-state index contributed by atoms with van der Waals surface area (Å²) >= 11 is 0. The third-order valence-corrected chi connectivity index (χ3v) is 13.2. The van der Waals surface area contributed by atoms with Crippen molar-refractivity contribution < 1.29 is 28.6 Å². The van der Waals surface area contributed by atoms with E-state index < -0.39 is 6.10 Å². The quantitative estimate of drug-likeness (QED) is 0.0261. The van der Waals surface area contributed by atoms with Gasteiger partial charge in [-0.2, -0.15) is 0 Å². The van der Waals surface area contributed by atoms with Gasteiger partial charge in [0.05, 0.1) is 0 Å². The lowest BCUT2D eigenvalue weighted by Crippen LogP contribution is -2.30. The van der Waals surface area contributed by atoms with Gasteiger partial charge in [0.1, 0.15) is 13.2 Å². The van der Waals surface area contributed by atoms with E-state index in [1.807, 2.05) is 0 Å². The Morgan fingerprint density at radius 3 is 0.842 bits per heavy atom. The van der Waals surface area contributed by atoms with Crippen molar-refractivity contribution in [3.63, 3.8) is 0 Å². The highest BCUT2D eigenvalue weighted by Gasteiger charge is 2.19. The molecule has 0 saturated heterocycles. The van der Waals surface area contributed by atoms with E-state index in [1.54, 1.807) is 0 Å². The van der Waals surface area contributed by atoms with Crippen LogP contribution in [-0.2, 0) is 28.6 Å². The summed E-state index contributed by atoms with van der Waals surface area (Å²) in [5.74, 6) is -0.926. The van der Waals surface area contributed by atoms with Gasteiger partial charge in [0.2, 0.25) is 0 Å². The molecule has 0 N–H and O–H groups in total. The lowest BCUT2D eigenvalue weighted by molar-refractivity contribution is -0.167. The third-order valence-electron chi connectivity index (χ3n) is 13.2. The summed E-state index contributed by atoms with van der Waals surface area (Å²) in [5, 5.41) is 0. The maximum atomic E-state index is 12.9. The van der Waals surface area contributed by atoms with Crippen LogP contribution in [0.1, 0.15) is 284 Å². The highest BCUT2D eigenvalue weighted by molar-refractivity contribution is 5.71. The number of carbonyl (C=O) groups is 3. The second-order valence-electron chi connectivity index (χ2n) is 20.6. The van der Waals surface area contributed by atoms with Crippen LogP contribution < -0.4 is 0 Å². The number of ether oxygens (including phenoxy) is 3. The van der Waals surface area contributed by atoms with E-state index in [-0.39, 0.29) is 31.1 Å². The lowest BCUT2D eigenvalue weighted by atomic mass is 10.1. The van der Waals surface area contributed by atoms with E-state index in [4.69, 9.17) is 14.2 Å². The summed E-state index contributed by atoms with van der Waals surface area (Å²) in [5.41, 5.74) is 0. The van der Waals surface area contributed by atoms with Gasteiger partial charge in [-0.3, -0.25) is 14.4 Å². The minimum Gasteiger partial charge on any atom is -0.462 e. The monoisotopic (exact) mass is 1050 g/mol. The number of rotatable bonds is 56. The number of allylic oxidation sites excluding steroid dienone is 20. The van der Waals surface area contributed by atoms with Crippen molar-refractivity contribution in [1.82, 2.24) is 0 Å². The zero-order valence-electron chi connectivity index (χ0n) is 49.5. The molecule has 0 amide bonds. The Balaban J connectivity index is 4.41. The average molecular weight is 1050 g/mol. The molecular weight excluding hydrogens is 937 g/mol. The van der Waals surface area contributed by atoms with Crippen molar-refractivity contribution in [2.45, 2.75) is 290 Å². The SMILES string of the molecule is CC/C=C\C/C=C\C/C=C\C/C=C\C/C=C\C/C=C\C/C=C\CCCCCCCC(=O)OCC(COC(=O)CCCCCCC/C=C\CCCCCCC)OC(=O)CCCCCCCCC/C=C\C/C=C\CCCCC. The van der Waals surface area contributed by atoms with Gasteiger partial charge in [-0.25, -0.2) is 0 Å². The molecule has 0 aromatic rings. The molecule has 0 bridgehead atoms. The minimum atomic E-state index is -0.798. The summed E-state index contributed by atoms with van der Waals surface area (Å²) in [4.78, 5) is 38.3. The van der Waals surface area contributed by atoms with Gasteiger partial charge in [0.15, 0.2) is 6.10 Å². The number of hydrogen-bond acceptors (Lipinski definition) is 6. The van der Waals surface area contributed by atoms with Crippen molar-refractivity contribution in [3.8, 4) is 0 Å². The van der Waals surface area contributed by atoms with E-state index in [0.717, 1.165) is 141 Å². The number of unbranched alkanes of at least 4 members (excludes halogenated alkanes) is 25. The van der Waals surface area contributed by atoms with Gasteiger partial charge in [0, 0.05) is 19.3 Å². The Labute approximate surface area is 469 Å². The van der Waals surface area contributed by atoms with Gasteiger partial charge >= 0.3 is 17.9 Å². The normalized spacial score (nSPS) is 12.9. The van der Waals surface area contributed by atoms with E-state index in [2.05, 4.69) is 142 Å². The van der Waals surface area contributed by atoms with Gasteiger partial charge < -0.3 is 14.2 Å². The van der Waals surface area contributed by atoms with Gasteiger partial charge in [-0.05, 0) is 135 Å². The second-order valence-corrected chi connectivity index (χ2v) is 20.6. The topological polar surface area (TPSA) is 78.9 Å². The molecule has 0 radical (unpaired) electrons. The number of esters is 3. The van der Waals surface area contributed by atoms with Crippen LogP contribution in [-0.4, -0.2) is 37.2 Å². The van der Waals surface area contributed by atoms with Gasteiger partial charge in [-0.1, -0.05) is 251 Å². The Morgan fingerprint density at radius 2 is 0.513 bits per heavy atom. The predicted octanol–water partition coefficient (Wildman–Crippen LogP) is 21.6. The Morgan fingerprint density at radius 1 is 0.276 bits per heavy atom. The summed E-state index contributed by atoms with van der Waals surface area (Å²) < 4.78 is 16.9. The molecule has 0 aliphatic rings. The smallest absolute Gasteiger partial charge is 0.306 e. The van der Waals surface area contributed by atoms with E-state index in [1.165, 1.54) is 103 Å². The molecule has 6 heteroatoms. The van der Waals surface area contributed by atoms with Crippen LogP contribution in [0.4, 0.5) is 0 Å². The summed E-state index contributed by atoms with van der Waals surface area (Å²) in [6.07, 6.45) is 87.6. The molecule has 0 rings (SSSR count). The summed E-state index contributed by atoms with van der Waals surface area (Å²) in [6.45, 7) is 6.47. The van der Waals surface area contributed by atoms with Crippen molar-refractivity contribution in [3.05, 3.63) is 122 Å². The average Bonchev–Trinajstić information content (AvgIpc) is 3.42. The molecule has 0 saturated carbocycles. The maximum absolute atomic E-state index is 12.9. The van der Waals surface area contributed by atoms with Gasteiger partial charge in [0.25, 0.3) is 0 Å². The van der Waals surface area contributed by atoms with Crippen LogP contribution in [0.3, 0.4) is 0 Å². The predicted molar refractivity (Wildman–Crippen MR) is 330 cm³/mol. The second kappa shape index (κ2) is 63.3. The molecule has 432 valence electrons. The molecule has 0 aliphatic carbocycles. The number of carbonyl (C=O) groups excluding carboxylic acids is 3. The first-order valence-corrected chi connectivity index (χ1v) is 31.5. The first-order valence-electron chi connectivity index (χ1n) is 31.5. The molecule has 76 heavy (non-hydrogen) atoms. The molecule has 6 nitrogen and oxygen atoms in total. The lowest BCUT2D eigenvalue weighted by Gasteiger charge is -2.18. The van der Waals surface area contributed by atoms with Crippen LogP contribution in [0.15, 0.2) is 122 Å². The van der Waals surface area contributed by atoms with Crippen LogP contribution in [0, 0.1) is 0 Å². The van der Waals surface area contributed by atoms with Crippen LogP contribution in [0.5, 0.6) is 0 Å². The molecule has 1 atom stereocenters. The van der Waals surface area contributed by atoms with Crippen molar-refractivity contribution in [1.29, 1.82) is 0 Å². The fourth-order valence-electron chi connectivity index (χ4n) is 8.45. The largest absolute Gasteiger partial charge is 0.462 e. The first kappa shape index (κ1) is 71.8. The highest BCUT2D eigenvalue weighted by Crippen LogP contribution is 2.14. The van der Waals surface area contributed by atoms with E-state index in [0.29, 0.717) is 19.3 Å².